The van der Waals surface area contributed by atoms with Crippen molar-refractivity contribution in [3.63, 3.8) is 0 Å². The zero-order valence-electron chi connectivity index (χ0n) is 15.7. The molecule has 0 aliphatic rings. The van der Waals surface area contributed by atoms with Gasteiger partial charge in [-0.1, -0.05) is 41.4 Å². The third-order valence-corrected chi connectivity index (χ3v) is 4.16. The number of aryl methyl sites for hydroxylation is 1. The Labute approximate surface area is 168 Å². The van der Waals surface area contributed by atoms with Gasteiger partial charge in [0.25, 0.3) is 0 Å². The van der Waals surface area contributed by atoms with Crippen molar-refractivity contribution in [2.45, 2.75) is 13.0 Å². The molecule has 1 atom stereocenters. The van der Waals surface area contributed by atoms with Crippen molar-refractivity contribution in [2.75, 3.05) is 32.2 Å². The summed E-state index contributed by atoms with van der Waals surface area (Å²) in [5, 5.41) is 14.4. The van der Waals surface area contributed by atoms with Gasteiger partial charge in [0.2, 0.25) is 0 Å². The third kappa shape index (κ3) is 6.23. The fraction of sp³-hybridized carbons (Fsp3) is 0.300. The van der Waals surface area contributed by atoms with Gasteiger partial charge in [-0.15, -0.1) is 0 Å². The topological polar surface area (TPSA) is 96.9 Å². The number of anilines is 1. The maximum atomic E-state index is 12.2. The van der Waals surface area contributed by atoms with Crippen LogP contribution in [0.1, 0.15) is 17.2 Å². The van der Waals surface area contributed by atoms with Crippen LogP contribution in [0.4, 0.5) is 5.69 Å². The molecule has 2 amide bonds. The van der Waals surface area contributed by atoms with Gasteiger partial charge in [-0.25, -0.2) is 0 Å². The van der Waals surface area contributed by atoms with Crippen LogP contribution in [0.15, 0.2) is 42.5 Å². The van der Waals surface area contributed by atoms with Crippen LogP contribution in [0.2, 0.25) is 5.02 Å². The van der Waals surface area contributed by atoms with E-state index in [2.05, 4.69) is 10.6 Å². The Morgan fingerprint density at radius 1 is 1.14 bits per heavy atom. The summed E-state index contributed by atoms with van der Waals surface area (Å²) >= 11 is 5.92. The molecule has 0 heterocycles. The summed E-state index contributed by atoms with van der Waals surface area (Å²) in [5.74, 6) is -1.30. The van der Waals surface area contributed by atoms with Crippen LogP contribution in [0.3, 0.4) is 0 Å². The predicted molar refractivity (Wildman–Crippen MR) is 107 cm³/mol. The first-order valence-electron chi connectivity index (χ1n) is 8.66. The average molecular weight is 407 g/mol. The molecule has 0 spiro atoms. The number of halogens is 1. The largest absolute Gasteiger partial charge is 0.495 e. The second kappa shape index (κ2) is 10.7. The number of carbonyl (C=O) groups is 2. The van der Waals surface area contributed by atoms with Gasteiger partial charge in [-0.2, -0.15) is 0 Å². The Bertz CT molecular complexity index is 811. The Kier molecular flexibility index (Phi) is 8.25. The molecule has 0 aliphatic carbocycles. The second-order valence-electron chi connectivity index (χ2n) is 6.00. The number of methoxy groups -OCH3 is 1. The van der Waals surface area contributed by atoms with Crippen molar-refractivity contribution >= 4 is 29.1 Å². The van der Waals surface area contributed by atoms with Crippen molar-refractivity contribution in [2.24, 2.45) is 0 Å². The van der Waals surface area contributed by atoms with Gasteiger partial charge in [0.15, 0.2) is 0 Å². The van der Waals surface area contributed by atoms with Gasteiger partial charge in [0.05, 0.1) is 32.1 Å². The van der Waals surface area contributed by atoms with E-state index < -0.39 is 17.9 Å². The Morgan fingerprint density at radius 2 is 1.86 bits per heavy atom. The van der Waals surface area contributed by atoms with E-state index in [-0.39, 0.29) is 19.8 Å². The minimum Gasteiger partial charge on any atom is -0.495 e. The van der Waals surface area contributed by atoms with Crippen LogP contribution in [0.25, 0.3) is 0 Å². The maximum absolute atomic E-state index is 12.2. The second-order valence-corrected chi connectivity index (χ2v) is 6.44. The van der Waals surface area contributed by atoms with Gasteiger partial charge in [-0.05, 0) is 30.7 Å². The van der Waals surface area contributed by atoms with Gasteiger partial charge in [0, 0.05) is 11.6 Å². The standard InChI is InChI=1S/C20H23ClN2O5/c1-13-3-5-14(6-4-13)18(28-10-9-24)12-22-19(25)20(26)23-16-11-15(21)7-8-17(16)27-2/h3-8,11,18,24H,9-10,12H2,1-2H3,(H,22,25)(H,23,26). The highest BCUT2D eigenvalue weighted by atomic mass is 35.5. The van der Waals surface area contributed by atoms with E-state index in [1.54, 1.807) is 12.1 Å². The summed E-state index contributed by atoms with van der Waals surface area (Å²) in [6.07, 6.45) is -0.495. The van der Waals surface area contributed by atoms with Crippen molar-refractivity contribution in [1.82, 2.24) is 5.32 Å². The van der Waals surface area contributed by atoms with E-state index in [1.807, 2.05) is 31.2 Å². The molecule has 2 rings (SSSR count). The number of hydrogen-bond donors (Lipinski definition) is 3. The number of carbonyl (C=O) groups excluding carboxylic acids is 2. The number of aliphatic hydroxyl groups is 1. The highest BCUT2D eigenvalue weighted by Gasteiger charge is 2.19. The highest BCUT2D eigenvalue weighted by molar-refractivity contribution is 6.40. The summed E-state index contributed by atoms with van der Waals surface area (Å²) in [6.45, 7) is 2.00. The number of benzene rings is 2. The van der Waals surface area contributed by atoms with Crippen LogP contribution >= 0.6 is 11.6 Å². The molecule has 3 N–H and O–H groups in total. The fourth-order valence-corrected chi connectivity index (χ4v) is 2.64. The summed E-state index contributed by atoms with van der Waals surface area (Å²) in [6, 6.07) is 12.3. The van der Waals surface area contributed by atoms with Crippen molar-refractivity contribution < 1.29 is 24.2 Å². The molecule has 0 fully saturated rings. The Hall–Kier alpha value is -2.61. The number of rotatable bonds is 8. The lowest BCUT2D eigenvalue weighted by Crippen LogP contribution is -2.38. The molecule has 0 aromatic heterocycles. The monoisotopic (exact) mass is 406 g/mol. The lowest BCUT2D eigenvalue weighted by atomic mass is 10.1. The van der Waals surface area contributed by atoms with Gasteiger partial charge in [0.1, 0.15) is 5.75 Å². The molecular weight excluding hydrogens is 384 g/mol. The van der Waals surface area contributed by atoms with Crippen molar-refractivity contribution in [3.05, 3.63) is 58.6 Å². The lowest BCUT2D eigenvalue weighted by molar-refractivity contribution is -0.136. The Balaban J connectivity index is 2.00. The number of hydrogen-bond acceptors (Lipinski definition) is 5. The molecule has 2 aromatic rings. The molecule has 0 saturated carbocycles. The molecule has 1 unspecified atom stereocenters. The third-order valence-electron chi connectivity index (χ3n) is 3.92. The first-order chi connectivity index (χ1) is 13.4. The SMILES string of the molecule is COc1ccc(Cl)cc1NC(=O)C(=O)NCC(OCCO)c1ccc(C)cc1. The molecule has 28 heavy (non-hydrogen) atoms. The number of ether oxygens (including phenoxy) is 2. The first-order valence-corrected chi connectivity index (χ1v) is 9.04. The maximum Gasteiger partial charge on any atom is 0.313 e. The minimum absolute atomic E-state index is 0.0714. The van der Waals surface area contributed by atoms with Gasteiger partial charge >= 0.3 is 11.8 Å². The smallest absolute Gasteiger partial charge is 0.313 e. The normalized spacial score (nSPS) is 11.6. The summed E-state index contributed by atoms with van der Waals surface area (Å²) in [7, 11) is 1.45. The zero-order valence-corrected chi connectivity index (χ0v) is 16.5. The van der Waals surface area contributed by atoms with Crippen LogP contribution < -0.4 is 15.4 Å². The van der Waals surface area contributed by atoms with E-state index in [1.165, 1.54) is 13.2 Å². The summed E-state index contributed by atoms with van der Waals surface area (Å²) < 4.78 is 10.7. The Morgan fingerprint density at radius 3 is 2.50 bits per heavy atom. The van der Waals surface area contributed by atoms with E-state index in [9.17, 15) is 9.59 Å². The van der Waals surface area contributed by atoms with E-state index >= 15 is 0 Å². The van der Waals surface area contributed by atoms with Crippen molar-refractivity contribution in [3.8, 4) is 5.75 Å². The average Bonchev–Trinajstić information content (AvgIpc) is 2.69. The lowest BCUT2D eigenvalue weighted by Gasteiger charge is -2.19. The molecule has 2 aromatic carbocycles. The number of nitrogens with one attached hydrogen (secondary N) is 2. The molecule has 0 aliphatic heterocycles. The molecule has 8 heteroatoms. The van der Waals surface area contributed by atoms with Crippen LogP contribution in [0, 0.1) is 6.92 Å². The highest BCUT2D eigenvalue weighted by Crippen LogP contribution is 2.27. The quantitative estimate of drug-likeness (QED) is 0.585. The van der Waals surface area contributed by atoms with E-state index in [0.29, 0.717) is 16.5 Å². The van der Waals surface area contributed by atoms with E-state index in [4.69, 9.17) is 26.2 Å². The zero-order chi connectivity index (χ0) is 20.5. The van der Waals surface area contributed by atoms with Crippen LogP contribution in [-0.2, 0) is 14.3 Å². The molecular formula is C20H23ClN2O5. The molecule has 150 valence electrons. The van der Waals surface area contributed by atoms with Gasteiger partial charge in [-0.3, -0.25) is 9.59 Å². The number of amides is 2. The predicted octanol–water partition coefficient (Wildman–Crippen LogP) is 2.46. The van der Waals surface area contributed by atoms with Gasteiger partial charge < -0.3 is 25.2 Å². The van der Waals surface area contributed by atoms with Crippen LogP contribution in [0.5, 0.6) is 5.75 Å². The summed E-state index contributed by atoms with van der Waals surface area (Å²) in [4.78, 5) is 24.4. The molecule has 0 radical (unpaired) electrons. The molecule has 0 bridgehead atoms. The van der Waals surface area contributed by atoms with Crippen LogP contribution in [-0.4, -0.2) is 43.8 Å². The molecule has 0 saturated heterocycles. The van der Waals surface area contributed by atoms with Crippen molar-refractivity contribution in [1.29, 1.82) is 0 Å². The first kappa shape index (κ1) is 21.7. The van der Waals surface area contributed by atoms with E-state index in [0.717, 1.165) is 11.1 Å². The fourth-order valence-electron chi connectivity index (χ4n) is 2.47. The minimum atomic E-state index is -0.856. The number of aliphatic hydroxyl groups excluding tert-OH is 1. The molecule has 7 nitrogen and oxygen atoms in total. The summed E-state index contributed by atoms with van der Waals surface area (Å²) in [5.41, 5.74) is 2.21.